The zero-order chi connectivity index (χ0) is 26.1. The van der Waals surface area contributed by atoms with E-state index in [1.807, 2.05) is 15.9 Å². The van der Waals surface area contributed by atoms with E-state index in [2.05, 4.69) is 6.92 Å². The third-order valence-corrected chi connectivity index (χ3v) is 6.56. The third kappa shape index (κ3) is 5.46. The molecule has 1 unspecified atom stereocenters. The van der Waals surface area contributed by atoms with Gasteiger partial charge in [0.05, 0.1) is 22.4 Å². The number of halogens is 6. The Labute approximate surface area is 205 Å². The zero-order valence-electron chi connectivity index (χ0n) is 19.3. The standard InChI is InChI=1S/C27H25F6N2O/c1-25(20-7-3-2-4-8-20,35-13-11-34(12-14-35)23-9-5-6-10-24(23)36)18-19-15-21(26(28,29)30)17-22(16-19)27(31,32)33/h2-10,15-17,36H,1,11-14,18H2. The molecule has 4 rings (SSSR count). The van der Waals surface area contributed by atoms with E-state index < -0.39 is 29.0 Å². The lowest BCUT2D eigenvalue weighted by molar-refractivity contribution is -0.143. The fraction of sp³-hybridized carbons (Fsp3) is 0.296. The van der Waals surface area contributed by atoms with Crippen LogP contribution in [0.5, 0.6) is 5.75 Å². The van der Waals surface area contributed by atoms with Gasteiger partial charge in [0.1, 0.15) is 5.75 Å². The molecule has 1 fully saturated rings. The molecule has 1 radical (unpaired) electrons. The number of para-hydroxylation sites is 2. The Bertz CT molecular complexity index is 1150. The first-order chi connectivity index (χ1) is 16.9. The van der Waals surface area contributed by atoms with Crippen molar-refractivity contribution in [3.63, 3.8) is 0 Å². The van der Waals surface area contributed by atoms with Crippen molar-refractivity contribution in [2.24, 2.45) is 0 Å². The van der Waals surface area contributed by atoms with Crippen LogP contribution in [-0.4, -0.2) is 36.2 Å². The van der Waals surface area contributed by atoms with Crippen LogP contribution in [0.15, 0.2) is 72.8 Å². The lowest BCUT2D eigenvalue weighted by atomic mass is 9.82. The minimum atomic E-state index is -4.92. The molecule has 1 atom stereocenters. The van der Waals surface area contributed by atoms with Crippen LogP contribution in [0.25, 0.3) is 0 Å². The summed E-state index contributed by atoms with van der Waals surface area (Å²) < 4.78 is 80.8. The van der Waals surface area contributed by atoms with Gasteiger partial charge in [-0.25, -0.2) is 0 Å². The summed E-state index contributed by atoms with van der Waals surface area (Å²) in [5.41, 5.74) is -2.54. The van der Waals surface area contributed by atoms with Gasteiger partial charge in [0.2, 0.25) is 0 Å². The van der Waals surface area contributed by atoms with Gasteiger partial charge in [-0.05, 0) is 54.8 Å². The molecule has 1 aliphatic rings. The summed E-state index contributed by atoms with van der Waals surface area (Å²) in [5, 5.41) is 10.2. The van der Waals surface area contributed by atoms with Crippen LogP contribution in [0.4, 0.5) is 32.0 Å². The topological polar surface area (TPSA) is 26.7 Å². The lowest BCUT2D eigenvalue weighted by Crippen LogP contribution is -2.55. The Kier molecular flexibility index (Phi) is 6.96. The van der Waals surface area contributed by atoms with Crippen molar-refractivity contribution in [3.8, 4) is 5.75 Å². The Morgan fingerprint density at radius 1 is 0.694 bits per heavy atom. The zero-order valence-corrected chi connectivity index (χ0v) is 19.3. The molecule has 0 spiro atoms. The van der Waals surface area contributed by atoms with E-state index in [-0.39, 0.29) is 23.8 Å². The number of piperazine rings is 1. The molecule has 1 saturated heterocycles. The Balaban J connectivity index is 1.68. The van der Waals surface area contributed by atoms with Crippen LogP contribution < -0.4 is 4.90 Å². The molecular weight excluding hydrogens is 482 g/mol. The van der Waals surface area contributed by atoms with E-state index >= 15 is 0 Å². The summed E-state index contributed by atoms with van der Waals surface area (Å²) in [5.74, 6) is 0.138. The largest absolute Gasteiger partial charge is 0.506 e. The summed E-state index contributed by atoms with van der Waals surface area (Å²) >= 11 is 0. The number of hydrogen-bond acceptors (Lipinski definition) is 3. The summed E-state index contributed by atoms with van der Waals surface area (Å²) in [7, 11) is 0. The quantitative estimate of drug-likeness (QED) is 0.398. The van der Waals surface area contributed by atoms with Crippen molar-refractivity contribution in [3.05, 3.63) is 102 Å². The summed E-state index contributed by atoms with van der Waals surface area (Å²) in [6, 6.07) is 17.5. The average molecular weight is 507 g/mol. The number of phenols is 1. The van der Waals surface area contributed by atoms with E-state index in [0.717, 1.165) is 12.1 Å². The number of phenolic OH excluding ortho intramolecular Hbond substituents is 1. The van der Waals surface area contributed by atoms with Gasteiger partial charge in [-0.1, -0.05) is 42.5 Å². The molecule has 3 aromatic carbocycles. The van der Waals surface area contributed by atoms with Crippen LogP contribution in [-0.2, 0) is 24.3 Å². The summed E-state index contributed by atoms with van der Waals surface area (Å²) in [6.07, 6.45) is -9.99. The molecule has 1 heterocycles. The monoisotopic (exact) mass is 507 g/mol. The molecule has 0 amide bonds. The summed E-state index contributed by atoms with van der Waals surface area (Å²) in [4.78, 5) is 3.97. The molecule has 9 heteroatoms. The number of nitrogens with zero attached hydrogens (tertiary/aromatic N) is 2. The van der Waals surface area contributed by atoms with Gasteiger partial charge in [0.25, 0.3) is 0 Å². The fourth-order valence-corrected chi connectivity index (χ4v) is 4.71. The van der Waals surface area contributed by atoms with Crippen molar-refractivity contribution in [1.82, 2.24) is 4.90 Å². The number of benzene rings is 3. The van der Waals surface area contributed by atoms with Crippen LogP contribution in [0.3, 0.4) is 0 Å². The lowest BCUT2D eigenvalue weighted by Gasteiger charge is -2.47. The molecule has 1 N–H and O–H groups in total. The second-order valence-corrected chi connectivity index (χ2v) is 8.95. The maximum absolute atomic E-state index is 13.5. The normalized spacial score (nSPS) is 17.1. The van der Waals surface area contributed by atoms with E-state index in [0.29, 0.717) is 37.4 Å². The molecular formula is C27H25F6N2O. The van der Waals surface area contributed by atoms with Gasteiger partial charge in [-0.3, -0.25) is 4.90 Å². The van der Waals surface area contributed by atoms with E-state index in [4.69, 9.17) is 0 Å². The maximum Gasteiger partial charge on any atom is 0.416 e. The molecule has 0 saturated carbocycles. The van der Waals surface area contributed by atoms with Crippen molar-refractivity contribution >= 4 is 5.69 Å². The second-order valence-electron chi connectivity index (χ2n) is 8.95. The van der Waals surface area contributed by atoms with Gasteiger partial charge < -0.3 is 10.0 Å². The Hall–Kier alpha value is -3.20. The highest BCUT2D eigenvalue weighted by Gasteiger charge is 2.40. The van der Waals surface area contributed by atoms with Gasteiger partial charge in [0, 0.05) is 26.2 Å². The van der Waals surface area contributed by atoms with Gasteiger partial charge in [-0.15, -0.1) is 0 Å². The molecule has 0 aromatic heterocycles. The number of aromatic hydroxyl groups is 1. The highest BCUT2D eigenvalue weighted by Crippen LogP contribution is 2.40. The highest BCUT2D eigenvalue weighted by atomic mass is 19.4. The van der Waals surface area contributed by atoms with Crippen molar-refractivity contribution in [1.29, 1.82) is 0 Å². The first-order valence-corrected chi connectivity index (χ1v) is 11.4. The number of anilines is 1. The molecule has 3 aromatic rings. The predicted molar refractivity (Wildman–Crippen MR) is 126 cm³/mol. The molecule has 0 bridgehead atoms. The molecule has 191 valence electrons. The average Bonchev–Trinajstić information content (AvgIpc) is 2.84. The fourth-order valence-electron chi connectivity index (χ4n) is 4.71. The van der Waals surface area contributed by atoms with Crippen LogP contribution >= 0.6 is 0 Å². The first kappa shape index (κ1) is 25.9. The molecule has 36 heavy (non-hydrogen) atoms. The van der Waals surface area contributed by atoms with Crippen LogP contribution in [0.1, 0.15) is 22.3 Å². The Morgan fingerprint density at radius 3 is 1.75 bits per heavy atom. The number of hydrogen-bond donors (Lipinski definition) is 1. The maximum atomic E-state index is 13.5. The van der Waals surface area contributed by atoms with E-state index in [1.54, 1.807) is 48.5 Å². The third-order valence-electron chi connectivity index (χ3n) is 6.56. The SMILES string of the molecule is [CH2]C(Cc1cc(C(F)(F)F)cc(C(F)(F)F)c1)(c1ccccc1)N1CCN(c2ccccc2O)CC1. The Morgan fingerprint density at radius 2 is 1.22 bits per heavy atom. The van der Waals surface area contributed by atoms with Crippen LogP contribution in [0.2, 0.25) is 0 Å². The highest BCUT2D eigenvalue weighted by molar-refractivity contribution is 5.58. The first-order valence-electron chi connectivity index (χ1n) is 11.4. The van der Waals surface area contributed by atoms with Gasteiger partial charge >= 0.3 is 12.4 Å². The molecule has 3 nitrogen and oxygen atoms in total. The number of alkyl halides is 6. The van der Waals surface area contributed by atoms with E-state index in [9.17, 15) is 31.4 Å². The summed E-state index contributed by atoms with van der Waals surface area (Å²) in [6.45, 7) is 6.23. The molecule has 1 aliphatic heterocycles. The molecule has 0 aliphatic carbocycles. The van der Waals surface area contributed by atoms with Crippen molar-refractivity contribution < 1.29 is 31.4 Å². The van der Waals surface area contributed by atoms with Crippen LogP contribution in [0, 0.1) is 6.92 Å². The van der Waals surface area contributed by atoms with Crippen molar-refractivity contribution in [2.45, 2.75) is 24.3 Å². The van der Waals surface area contributed by atoms with Gasteiger partial charge in [-0.2, -0.15) is 26.3 Å². The predicted octanol–water partition coefficient (Wildman–Crippen LogP) is 6.52. The van der Waals surface area contributed by atoms with E-state index in [1.165, 1.54) is 0 Å². The number of rotatable bonds is 5. The second kappa shape index (κ2) is 9.69. The minimum absolute atomic E-state index is 0.0980. The minimum Gasteiger partial charge on any atom is -0.506 e. The van der Waals surface area contributed by atoms with Crippen molar-refractivity contribution in [2.75, 3.05) is 31.1 Å². The smallest absolute Gasteiger partial charge is 0.416 e. The van der Waals surface area contributed by atoms with Gasteiger partial charge in [0.15, 0.2) is 0 Å².